The number of ether oxygens (including phenoxy) is 7. The molecule has 0 fully saturated rings. The molecule has 0 aromatic rings. The summed E-state index contributed by atoms with van der Waals surface area (Å²) in [6.45, 7) is 14.1. The maximum Gasteiger partial charge on any atom is 0.305 e. The highest BCUT2D eigenvalue weighted by atomic mass is 16.6. The molecule has 23 heteroatoms. The number of carbonyl (C=O) groups excluding carboxylic acids is 10. The van der Waals surface area contributed by atoms with Gasteiger partial charge in [-0.3, -0.25) is 43.2 Å². The van der Waals surface area contributed by atoms with Gasteiger partial charge < -0.3 is 69.4 Å². The Morgan fingerprint density at radius 2 is 0.757 bits per heavy atom. The van der Waals surface area contributed by atoms with Gasteiger partial charge in [-0.15, -0.1) is 0 Å². The number of amides is 6. The van der Waals surface area contributed by atoms with Crippen LogP contribution in [0.1, 0.15) is 272 Å². The standard InChI is InChI=1S/C80H140N6O17/c1-6-8-10-12-14-16-18-20-22-24-26-28-30-32-34-44-77(93)102-58-54-86(55-59-103-78(94)45-35-33-31-29-27-25-23-21-19-17-15-13-11-9-7-2)76(92)49-47-73(90)68-72(42-36-38-50-81-70(4)88)79(95)83-52-40-56-97-60-62-99-64-66-101-67-65-100-63-61-98-57-41-53-84-80(96)74(43-37-39-51-82-71(5)89)85-75(91)48-46-69(3)87/h14-17,20-23,72,74H,6-13,18-19,24-68H2,1-5H3,(H,81,88)(H,82,89)(H,83,95)(H,84,96)(H,85,91)/b16-14-,17-15-,22-20-,23-21-/t72-,74+/m1/s1. The Morgan fingerprint density at radius 3 is 1.19 bits per heavy atom. The summed E-state index contributed by atoms with van der Waals surface area (Å²) in [7, 11) is 0. The molecule has 0 unspecified atom stereocenters. The summed E-state index contributed by atoms with van der Waals surface area (Å²) in [6.07, 6.45) is 46.4. The number of nitrogens with one attached hydrogen (secondary N) is 5. The summed E-state index contributed by atoms with van der Waals surface area (Å²) in [5.41, 5.74) is 0. The first kappa shape index (κ1) is 96.9. The van der Waals surface area contributed by atoms with Crippen LogP contribution in [0.2, 0.25) is 0 Å². The second-order valence-electron chi connectivity index (χ2n) is 26.4. The normalized spacial score (nSPS) is 12.1. The average molecular weight is 1460 g/mol. The number of nitrogens with zero attached hydrogens (tertiary/aromatic N) is 1. The molecule has 2 atom stereocenters. The quantitative estimate of drug-likeness (QED) is 0.0215. The van der Waals surface area contributed by atoms with E-state index in [-0.39, 0.29) is 130 Å². The van der Waals surface area contributed by atoms with Gasteiger partial charge in [0.1, 0.15) is 30.8 Å². The van der Waals surface area contributed by atoms with Crippen LogP contribution in [0.3, 0.4) is 0 Å². The molecule has 5 N–H and O–H groups in total. The zero-order valence-electron chi connectivity index (χ0n) is 64.6. The van der Waals surface area contributed by atoms with Crippen LogP contribution in [0.4, 0.5) is 0 Å². The summed E-state index contributed by atoms with van der Waals surface area (Å²) >= 11 is 0. The molecular formula is C80H140N6O17. The van der Waals surface area contributed by atoms with Crippen LogP contribution < -0.4 is 26.6 Å². The highest BCUT2D eigenvalue weighted by Crippen LogP contribution is 2.17. The smallest absolute Gasteiger partial charge is 0.305 e. The molecular weight excluding hydrogens is 1320 g/mol. The zero-order chi connectivity index (χ0) is 75.5. The first-order chi connectivity index (χ1) is 50.1. The first-order valence-corrected chi connectivity index (χ1v) is 39.5. The van der Waals surface area contributed by atoms with Crippen molar-refractivity contribution in [3.63, 3.8) is 0 Å². The van der Waals surface area contributed by atoms with Crippen LogP contribution >= 0.6 is 0 Å². The predicted octanol–water partition coefficient (Wildman–Crippen LogP) is 12.4. The second kappa shape index (κ2) is 74.1. The SMILES string of the molecule is CCCCC/C=C\C/C=C\CCCCCCCC(=O)OCCN(CCOC(=O)CCCCCCC/C=C\C/C=C\CCCCC)C(=O)CCC(=O)C[C@@H](CCCCNC(C)=O)C(=O)NCCCOCCOCCOCCOCCOCCCNC(=O)[C@H](CCCCNC(C)=O)NC(=O)CCC(C)=O. The van der Waals surface area contributed by atoms with Gasteiger partial charge in [-0.2, -0.15) is 0 Å². The van der Waals surface area contributed by atoms with E-state index < -0.39 is 12.0 Å². The molecule has 0 rings (SSSR count). The molecule has 0 aromatic carbocycles. The van der Waals surface area contributed by atoms with Crippen LogP contribution in [0.25, 0.3) is 0 Å². The molecule has 0 bridgehead atoms. The molecule has 6 amide bonds. The van der Waals surface area contributed by atoms with Gasteiger partial charge in [0.05, 0.1) is 65.9 Å². The number of Topliss-reactive ketones (excluding diaryl/α,β-unsaturated/α-hetero) is 2. The van der Waals surface area contributed by atoms with E-state index >= 15 is 0 Å². The van der Waals surface area contributed by atoms with Gasteiger partial charge in [-0.05, 0) is 129 Å². The average Bonchev–Trinajstić information content (AvgIpc) is 0.935. The van der Waals surface area contributed by atoms with Crippen molar-refractivity contribution in [2.45, 2.75) is 278 Å². The monoisotopic (exact) mass is 1460 g/mol. The molecule has 0 radical (unpaired) electrons. The van der Waals surface area contributed by atoms with Crippen LogP contribution in [0, 0.1) is 5.92 Å². The summed E-state index contributed by atoms with van der Waals surface area (Å²) in [4.78, 5) is 127. The number of allylic oxidation sites excluding steroid dienone is 8. The van der Waals surface area contributed by atoms with Crippen LogP contribution in [-0.2, 0) is 81.1 Å². The highest BCUT2D eigenvalue weighted by Gasteiger charge is 2.24. The van der Waals surface area contributed by atoms with E-state index in [1.807, 2.05) is 0 Å². The fourth-order valence-corrected chi connectivity index (χ4v) is 10.7. The Labute approximate surface area is 620 Å². The van der Waals surface area contributed by atoms with Crippen LogP contribution in [0.15, 0.2) is 48.6 Å². The van der Waals surface area contributed by atoms with Gasteiger partial charge in [0.25, 0.3) is 0 Å². The Bertz CT molecular complexity index is 2250. The van der Waals surface area contributed by atoms with E-state index in [0.29, 0.717) is 144 Å². The van der Waals surface area contributed by atoms with Crippen molar-refractivity contribution in [1.82, 2.24) is 31.5 Å². The van der Waals surface area contributed by atoms with Gasteiger partial charge in [0, 0.05) is 104 Å². The summed E-state index contributed by atoms with van der Waals surface area (Å²) < 4.78 is 39.2. The molecule has 0 aromatic heterocycles. The number of unbranched alkanes of at least 4 members (excludes halogenated alkanes) is 18. The van der Waals surface area contributed by atoms with Crippen molar-refractivity contribution in [2.24, 2.45) is 5.92 Å². The Hall–Kier alpha value is -6.14. The first-order valence-electron chi connectivity index (χ1n) is 39.5. The van der Waals surface area contributed by atoms with Gasteiger partial charge in [0.2, 0.25) is 35.4 Å². The van der Waals surface area contributed by atoms with E-state index in [2.05, 4.69) is 89.0 Å². The fraction of sp³-hybridized carbons (Fsp3) is 0.775. The molecule has 103 heavy (non-hydrogen) atoms. The van der Waals surface area contributed by atoms with Gasteiger partial charge in [0.15, 0.2) is 0 Å². The van der Waals surface area contributed by atoms with Crippen molar-refractivity contribution < 1.29 is 81.1 Å². The summed E-state index contributed by atoms with van der Waals surface area (Å²) in [5, 5.41) is 14.0. The minimum atomic E-state index is -0.744. The molecule has 0 saturated carbocycles. The van der Waals surface area contributed by atoms with E-state index in [4.69, 9.17) is 33.2 Å². The minimum Gasteiger partial charge on any atom is -0.464 e. The number of esters is 2. The second-order valence-corrected chi connectivity index (χ2v) is 26.4. The lowest BCUT2D eigenvalue weighted by molar-refractivity contribution is -0.148. The van der Waals surface area contributed by atoms with E-state index in [1.165, 1.54) is 64.2 Å². The Balaban J connectivity index is 4.90. The lowest BCUT2D eigenvalue weighted by atomic mass is 9.93. The van der Waals surface area contributed by atoms with Crippen molar-refractivity contribution in [3.8, 4) is 0 Å². The lowest BCUT2D eigenvalue weighted by Gasteiger charge is -2.23. The predicted molar refractivity (Wildman–Crippen MR) is 406 cm³/mol. The minimum absolute atomic E-state index is 0.0147. The third kappa shape index (κ3) is 70.0. The van der Waals surface area contributed by atoms with Crippen molar-refractivity contribution in [3.05, 3.63) is 48.6 Å². The van der Waals surface area contributed by atoms with Gasteiger partial charge in [-0.1, -0.05) is 133 Å². The van der Waals surface area contributed by atoms with Gasteiger partial charge >= 0.3 is 11.9 Å². The lowest BCUT2D eigenvalue weighted by Crippen LogP contribution is -2.47. The summed E-state index contributed by atoms with van der Waals surface area (Å²) in [5.74, 6) is -3.23. The maximum absolute atomic E-state index is 13.8. The molecule has 0 aliphatic rings. The Morgan fingerprint density at radius 1 is 0.359 bits per heavy atom. The highest BCUT2D eigenvalue weighted by molar-refractivity contribution is 5.90. The number of ketones is 2. The third-order valence-corrected chi connectivity index (χ3v) is 16.7. The van der Waals surface area contributed by atoms with E-state index in [1.54, 1.807) is 0 Å². The molecule has 592 valence electrons. The van der Waals surface area contributed by atoms with E-state index in [9.17, 15) is 47.9 Å². The van der Waals surface area contributed by atoms with Crippen molar-refractivity contribution in [1.29, 1.82) is 0 Å². The van der Waals surface area contributed by atoms with Crippen molar-refractivity contribution >= 4 is 58.9 Å². The van der Waals surface area contributed by atoms with Crippen molar-refractivity contribution in [2.75, 3.05) is 119 Å². The number of rotatable bonds is 75. The molecule has 0 aliphatic carbocycles. The molecule has 0 spiro atoms. The summed E-state index contributed by atoms with van der Waals surface area (Å²) in [6, 6.07) is -0.744. The van der Waals surface area contributed by atoms with Crippen LogP contribution in [-0.4, -0.2) is 188 Å². The molecule has 23 nitrogen and oxygen atoms in total. The zero-order valence-corrected chi connectivity index (χ0v) is 64.6. The number of hydrogen-bond acceptors (Lipinski definition) is 17. The molecule has 0 saturated heterocycles. The number of hydrogen-bond donors (Lipinski definition) is 5. The van der Waals surface area contributed by atoms with Gasteiger partial charge in [-0.25, -0.2) is 0 Å². The largest absolute Gasteiger partial charge is 0.464 e. The maximum atomic E-state index is 13.8. The van der Waals surface area contributed by atoms with Crippen LogP contribution in [0.5, 0.6) is 0 Å². The topological polar surface area (TPSA) is 299 Å². The fourth-order valence-electron chi connectivity index (χ4n) is 10.7. The number of carbonyl (C=O) groups is 10. The molecule has 0 heterocycles. The molecule has 0 aliphatic heterocycles. The van der Waals surface area contributed by atoms with E-state index in [0.717, 1.165) is 103 Å². The third-order valence-electron chi connectivity index (χ3n) is 16.7. The Kier molecular flexibility index (Phi) is 69.7.